The van der Waals surface area contributed by atoms with Crippen LogP contribution in [0.25, 0.3) is 0 Å². The van der Waals surface area contributed by atoms with Crippen LogP contribution in [0, 0.1) is 0 Å². The molecule has 1 N–H and O–H groups in total. The molecule has 2 nitrogen and oxygen atoms in total. The number of hydrogen-bond acceptors (Lipinski definition) is 2. The van der Waals surface area contributed by atoms with E-state index in [1.54, 1.807) is 0 Å². The number of nitrogens with one attached hydrogen (secondary N) is 1. The first-order valence-electron chi connectivity index (χ1n) is 6.56. The number of para-hydroxylation sites is 1. The van der Waals surface area contributed by atoms with Crippen LogP contribution < -0.4 is 10.1 Å². The van der Waals surface area contributed by atoms with Gasteiger partial charge in [-0.3, -0.25) is 0 Å². The third-order valence-electron chi connectivity index (χ3n) is 3.37. The molecule has 0 radical (unpaired) electrons. The van der Waals surface area contributed by atoms with E-state index in [4.69, 9.17) is 4.74 Å². The number of fused-ring (bicyclic) bond motifs is 1. The van der Waals surface area contributed by atoms with Crippen LogP contribution in [0.3, 0.4) is 0 Å². The van der Waals surface area contributed by atoms with Crippen LogP contribution in [-0.2, 0) is 13.0 Å². The van der Waals surface area contributed by atoms with E-state index in [1.165, 1.54) is 23.2 Å². The maximum absolute atomic E-state index is 5.85. The van der Waals surface area contributed by atoms with Crippen molar-refractivity contribution < 1.29 is 4.74 Å². The third-order valence-corrected chi connectivity index (χ3v) is 3.90. The molecule has 0 bridgehead atoms. The van der Waals surface area contributed by atoms with Gasteiger partial charge in [0.1, 0.15) is 12.4 Å². The standard InChI is InChI=1S/C16H16BrNO/c17-14-6-8-15(9-7-14)19-11-13-4-1-3-12-5-2-10-18-16(12)13/h1,3-4,6-9,18H,2,5,10-11H2. The van der Waals surface area contributed by atoms with Gasteiger partial charge in [0, 0.05) is 22.3 Å². The van der Waals surface area contributed by atoms with Crippen LogP contribution in [0.4, 0.5) is 5.69 Å². The highest BCUT2D eigenvalue weighted by atomic mass is 79.9. The molecule has 0 aliphatic carbocycles. The molecule has 0 aromatic heterocycles. The van der Waals surface area contributed by atoms with E-state index < -0.39 is 0 Å². The highest BCUT2D eigenvalue weighted by Crippen LogP contribution is 2.27. The number of halogens is 1. The molecule has 0 saturated heterocycles. The van der Waals surface area contributed by atoms with Gasteiger partial charge in [-0.2, -0.15) is 0 Å². The molecular formula is C16H16BrNO. The number of aryl methyl sites for hydroxylation is 1. The van der Waals surface area contributed by atoms with Crippen molar-refractivity contribution in [2.75, 3.05) is 11.9 Å². The molecule has 98 valence electrons. The van der Waals surface area contributed by atoms with Gasteiger partial charge in [0.05, 0.1) is 0 Å². The van der Waals surface area contributed by atoms with E-state index in [1.807, 2.05) is 24.3 Å². The lowest BCUT2D eigenvalue weighted by molar-refractivity contribution is 0.306. The van der Waals surface area contributed by atoms with Gasteiger partial charge >= 0.3 is 0 Å². The molecule has 3 rings (SSSR count). The van der Waals surface area contributed by atoms with Gasteiger partial charge in [-0.05, 0) is 42.7 Å². The summed E-state index contributed by atoms with van der Waals surface area (Å²) in [4.78, 5) is 0. The summed E-state index contributed by atoms with van der Waals surface area (Å²) >= 11 is 3.43. The number of anilines is 1. The van der Waals surface area contributed by atoms with Gasteiger partial charge in [-0.1, -0.05) is 34.1 Å². The minimum absolute atomic E-state index is 0.609. The summed E-state index contributed by atoms with van der Waals surface area (Å²) in [6, 6.07) is 14.4. The molecular weight excluding hydrogens is 302 g/mol. The monoisotopic (exact) mass is 317 g/mol. The molecule has 1 heterocycles. The summed E-state index contributed by atoms with van der Waals surface area (Å²) in [5, 5.41) is 3.49. The van der Waals surface area contributed by atoms with Gasteiger partial charge in [0.2, 0.25) is 0 Å². The zero-order valence-electron chi connectivity index (χ0n) is 10.7. The molecule has 0 saturated carbocycles. The molecule has 2 aromatic rings. The Kier molecular flexibility index (Phi) is 3.74. The van der Waals surface area contributed by atoms with Crippen molar-refractivity contribution in [2.45, 2.75) is 19.4 Å². The molecule has 1 aliphatic heterocycles. The second-order valence-corrected chi connectivity index (χ2v) is 5.64. The molecule has 0 atom stereocenters. The minimum Gasteiger partial charge on any atom is -0.489 e. The smallest absolute Gasteiger partial charge is 0.119 e. The maximum Gasteiger partial charge on any atom is 0.119 e. The predicted octanol–water partition coefficient (Wildman–Crippen LogP) is 4.39. The fourth-order valence-electron chi connectivity index (χ4n) is 2.39. The lowest BCUT2D eigenvalue weighted by atomic mass is 10.00. The molecule has 0 spiro atoms. The molecule has 3 heteroatoms. The van der Waals surface area contributed by atoms with Crippen molar-refractivity contribution in [1.82, 2.24) is 0 Å². The summed E-state index contributed by atoms with van der Waals surface area (Å²) in [6.45, 7) is 1.67. The summed E-state index contributed by atoms with van der Waals surface area (Å²) in [5.74, 6) is 0.900. The largest absolute Gasteiger partial charge is 0.489 e. The Morgan fingerprint density at radius 2 is 1.95 bits per heavy atom. The second-order valence-electron chi connectivity index (χ2n) is 4.72. The Bertz CT molecular complexity index is 565. The average Bonchev–Trinajstić information content (AvgIpc) is 2.47. The van der Waals surface area contributed by atoms with Gasteiger partial charge in [0.25, 0.3) is 0 Å². The SMILES string of the molecule is Brc1ccc(OCc2cccc3c2NCCC3)cc1. The lowest BCUT2D eigenvalue weighted by Gasteiger charge is -2.21. The Hall–Kier alpha value is -1.48. The first-order chi connectivity index (χ1) is 9.33. The molecule has 2 aromatic carbocycles. The van der Waals surface area contributed by atoms with E-state index in [9.17, 15) is 0 Å². The maximum atomic E-state index is 5.85. The Balaban J connectivity index is 1.75. The van der Waals surface area contributed by atoms with Crippen LogP contribution in [0.2, 0.25) is 0 Å². The molecule has 1 aliphatic rings. The quantitative estimate of drug-likeness (QED) is 0.906. The summed E-state index contributed by atoms with van der Waals surface area (Å²) in [7, 11) is 0. The minimum atomic E-state index is 0.609. The van der Waals surface area contributed by atoms with Crippen LogP contribution in [0.5, 0.6) is 5.75 Å². The Morgan fingerprint density at radius 1 is 1.11 bits per heavy atom. The number of rotatable bonds is 3. The molecule has 19 heavy (non-hydrogen) atoms. The average molecular weight is 318 g/mol. The highest BCUT2D eigenvalue weighted by molar-refractivity contribution is 9.10. The fraction of sp³-hybridized carbons (Fsp3) is 0.250. The van der Waals surface area contributed by atoms with E-state index >= 15 is 0 Å². The van der Waals surface area contributed by atoms with Gasteiger partial charge in [0.15, 0.2) is 0 Å². The zero-order valence-corrected chi connectivity index (χ0v) is 12.2. The lowest BCUT2D eigenvalue weighted by Crippen LogP contribution is -2.14. The van der Waals surface area contributed by atoms with Crippen molar-refractivity contribution in [2.24, 2.45) is 0 Å². The van der Waals surface area contributed by atoms with Crippen molar-refractivity contribution >= 4 is 21.6 Å². The van der Waals surface area contributed by atoms with Gasteiger partial charge < -0.3 is 10.1 Å². The summed E-state index contributed by atoms with van der Waals surface area (Å²) < 4.78 is 6.92. The summed E-state index contributed by atoms with van der Waals surface area (Å²) in [5.41, 5.74) is 3.91. The van der Waals surface area contributed by atoms with Crippen LogP contribution in [0.15, 0.2) is 46.9 Å². The molecule has 0 fully saturated rings. The molecule has 0 amide bonds. The predicted molar refractivity (Wildman–Crippen MR) is 81.7 cm³/mol. The van der Waals surface area contributed by atoms with E-state index in [0.29, 0.717) is 6.61 Å². The van der Waals surface area contributed by atoms with Crippen molar-refractivity contribution in [3.8, 4) is 5.75 Å². The topological polar surface area (TPSA) is 21.3 Å². The molecule has 0 unspecified atom stereocenters. The van der Waals surface area contributed by atoms with Crippen molar-refractivity contribution in [3.05, 3.63) is 58.1 Å². The van der Waals surface area contributed by atoms with Crippen molar-refractivity contribution in [1.29, 1.82) is 0 Å². The Morgan fingerprint density at radius 3 is 2.79 bits per heavy atom. The van der Waals surface area contributed by atoms with Crippen LogP contribution in [-0.4, -0.2) is 6.54 Å². The Labute approximate surface area is 121 Å². The third kappa shape index (κ3) is 2.92. The van der Waals surface area contributed by atoms with Gasteiger partial charge in [-0.15, -0.1) is 0 Å². The highest BCUT2D eigenvalue weighted by Gasteiger charge is 2.12. The normalized spacial score (nSPS) is 13.5. The second kappa shape index (κ2) is 5.66. The number of ether oxygens (including phenoxy) is 1. The van der Waals surface area contributed by atoms with Crippen LogP contribution in [0.1, 0.15) is 17.5 Å². The van der Waals surface area contributed by atoms with E-state index in [-0.39, 0.29) is 0 Å². The first-order valence-corrected chi connectivity index (χ1v) is 7.35. The van der Waals surface area contributed by atoms with E-state index in [0.717, 1.165) is 23.2 Å². The van der Waals surface area contributed by atoms with Crippen LogP contribution >= 0.6 is 15.9 Å². The number of benzene rings is 2. The number of hydrogen-bond donors (Lipinski definition) is 1. The summed E-state index contributed by atoms with van der Waals surface area (Å²) in [6.07, 6.45) is 2.37. The first kappa shape index (κ1) is 12.5. The van der Waals surface area contributed by atoms with Crippen molar-refractivity contribution in [3.63, 3.8) is 0 Å². The zero-order chi connectivity index (χ0) is 13.1. The van der Waals surface area contributed by atoms with E-state index in [2.05, 4.69) is 39.4 Å². The van der Waals surface area contributed by atoms with Gasteiger partial charge in [-0.25, -0.2) is 0 Å². The fourth-order valence-corrected chi connectivity index (χ4v) is 2.66.